The molecular formula is C44H58O11. The summed E-state index contributed by atoms with van der Waals surface area (Å²) in [6.07, 6.45) is 11.5. The number of carbonyl (C=O) groups excluding carboxylic acids is 7. The standard InChI is InChI=1S/C44H58O11/c1-13-14-15-16-19-40(8)33(47)32(34(48)52-11)28(55-40)22-25(2)41(9)35(49)42(10)26(3)23-30-39(7,44(42,36(41)50)37(51)53-12)20-17-29-38(5,6)31(54-27(4)46)18-21-43(29,30)24-45/h14-16,19,23-25,29-31H,13,17-18,20-22H2,1-12H3/b15-14+,19-16+/t25-,29-,30-,31+,39+,40-,41-,42+,43+,44-/m1/s1. The topological polar surface area (TPSA) is 156 Å². The van der Waals surface area contributed by atoms with Crippen LogP contribution in [0.1, 0.15) is 108 Å². The fourth-order valence-electron chi connectivity index (χ4n) is 11.9. The van der Waals surface area contributed by atoms with Crippen LogP contribution in [0.4, 0.5) is 0 Å². The maximum atomic E-state index is 15.8. The Bertz CT molecular complexity index is 1850. The normalized spacial score (nSPS) is 39.9. The minimum atomic E-state index is -2.04. The Morgan fingerprint density at radius 3 is 2.18 bits per heavy atom. The van der Waals surface area contributed by atoms with E-state index in [1.54, 1.807) is 45.9 Å². The number of Topliss-reactive ketones (excluding diaryl/α,β-unsaturated/α-hetero) is 3. The van der Waals surface area contributed by atoms with E-state index >= 15 is 9.59 Å². The van der Waals surface area contributed by atoms with Gasteiger partial charge in [-0.2, -0.15) is 0 Å². The Labute approximate surface area is 324 Å². The summed E-state index contributed by atoms with van der Waals surface area (Å²) in [6.45, 7) is 17.4. The average Bonchev–Trinajstić information content (AvgIpc) is 3.46. The molecule has 11 heteroatoms. The van der Waals surface area contributed by atoms with Crippen molar-refractivity contribution in [1.82, 2.24) is 0 Å². The fourth-order valence-corrected chi connectivity index (χ4v) is 11.9. The maximum Gasteiger partial charge on any atom is 0.345 e. The molecule has 0 radical (unpaired) electrons. The second-order valence-electron chi connectivity index (χ2n) is 17.9. The lowest BCUT2D eigenvalue weighted by Gasteiger charge is -2.67. The van der Waals surface area contributed by atoms with Gasteiger partial charge in [0.2, 0.25) is 5.78 Å². The Balaban J connectivity index is 1.66. The number of hydrogen-bond acceptors (Lipinski definition) is 11. The molecule has 0 aromatic heterocycles. The van der Waals surface area contributed by atoms with Gasteiger partial charge in [0.25, 0.3) is 0 Å². The van der Waals surface area contributed by atoms with E-state index in [2.05, 4.69) is 0 Å². The summed E-state index contributed by atoms with van der Waals surface area (Å²) < 4.78 is 22.6. The van der Waals surface area contributed by atoms with Gasteiger partial charge in [-0.05, 0) is 89.0 Å². The summed E-state index contributed by atoms with van der Waals surface area (Å²) in [5.41, 5.74) is -9.80. The summed E-state index contributed by atoms with van der Waals surface area (Å²) in [7, 11) is 2.37. The van der Waals surface area contributed by atoms with Crippen LogP contribution in [-0.2, 0) is 52.5 Å². The first kappa shape index (κ1) is 42.0. The smallest absolute Gasteiger partial charge is 0.345 e. The zero-order valence-electron chi connectivity index (χ0n) is 34.5. The molecule has 5 rings (SSSR count). The number of fused-ring (bicyclic) bond motifs is 5. The van der Waals surface area contributed by atoms with Crippen LogP contribution in [0.2, 0.25) is 0 Å². The van der Waals surface area contributed by atoms with Gasteiger partial charge in [0.15, 0.2) is 17.2 Å². The van der Waals surface area contributed by atoms with Gasteiger partial charge < -0.3 is 23.7 Å². The highest BCUT2D eigenvalue weighted by Gasteiger charge is 2.86. The monoisotopic (exact) mass is 762 g/mol. The lowest BCUT2D eigenvalue weighted by atomic mass is 9.33. The van der Waals surface area contributed by atoms with Crippen LogP contribution in [0.15, 0.2) is 47.3 Å². The van der Waals surface area contributed by atoms with Gasteiger partial charge in [0.1, 0.15) is 29.1 Å². The molecule has 3 saturated carbocycles. The van der Waals surface area contributed by atoms with Crippen molar-refractivity contribution in [3.05, 3.63) is 47.3 Å². The number of rotatable bonds is 10. The Morgan fingerprint density at radius 2 is 1.62 bits per heavy atom. The Morgan fingerprint density at radius 1 is 0.964 bits per heavy atom. The molecule has 0 aromatic carbocycles. The molecule has 0 unspecified atom stereocenters. The van der Waals surface area contributed by atoms with Crippen molar-refractivity contribution >= 4 is 41.5 Å². The molecule has 0 aromatic rings. The number of methoxy groups -OCH3 is 2. The van der Waals surface area contributed by atoms with Gasteiger partial charge in [0, 0.05) is 24.2 Å². The molecule has 1 aliphatic heterocycles. The van der Waals surface area contributed by atoms with Gasteiger partial charge in [-0.25, -0.2) is 4.79 Å². The number of hydrogen-bond donors (Lipinski definition) is 0. The minimum Gasteiger partial charge on any atom is -0.479 e. The van der Waals surface area contributed by atoms with E-state index in [9.17, 15) is 24.0 Å². The van der Waals surface area contributed by atoms with Crippen LogP contribution in [-0.4, -0.2) is 67.5 Å². The van der Waals surface area contributed by atoms with Gasteiger partial charge in [-0.15, -0.1) is 0 Å². The quantitative estimate of drug-likeness (QED) is 0.0451. The summed E-state index contributed by atoms with van der Waals surface area (Å²) in [5, 5.41) is 0. The molecule has 0 bridgehead atoms. The number of carbonyl (C=O) groups is 7. The molecule has 5 aliphatic rings. The van der Waals surface area contributed by atoms with E-state index in [0.717, 1.165) is 19.8 Å². The van der Waals surface area contributed by atoms with E-state index in [1.165, 1.54) is 21.0 Å². The van der Waals surface area contributed by atoms with E-state index < -0.39 is 91.3 Å². The summed E-state index contributed by atoms with van der Waals surface area (Å²) in [4.78, 5) is 98.7. The molecule has 10 atom stereocenters. The van der Waals surface area contributed by atoms with Gasteiger partial charge in [-0.3, -0.25) is 24.0 Å². The molecule has 3 fully saturated rings. The molecule has 4 aliphatic carbocycles. The van der Waals surface area contributed by atoms with Crippen LogP contribution < -0.4 is 0 Å². The second-order valence-corrected chi connectivity index (χ2v) is 17.9. The number of aldehydes is 1. The van der Waals surface area contributed by atoms with Crippen LogP contribution in [0.3, 0.4) is 0 Å². The SMILES string of the molecule is CC/C=C/C=C/[C@@]1(C)OC(C[C@@H](C)[C@]2(C)C(=O)[C@]3(C)C(C)=C[C@H]4[C@]5(C=O)CC[C@H](OC(C)=O)C(C)(C)[C@H]5CC[C@]4(C)[C@]3(C(=O)OC)C2=O)=C(C(=O)OC)C1=O. The largest absolute Gasteiger partial charge is 0.479 e. The van der Waals surface area contributed by atoms with Crippen molar-refractivity contribution in [3.63, 3.8) is 0 Å². The van der Waals surface area contributed by atoms with Gasteiger partial charge >= 0.3 is 17.9 Å². The van der Waals surface area contributed by atoms with E-state index in [1.807, 2.05) is 39.8 Å². The summed E-state index contributed by atoms with van der Waals surface area (Å²) in [6, 6.07) is 0. The van der Waals surface area contributed by atoms with Crippen LogP contribution in [0, 0.1) is 50.2 Å². The Hall–Kier alpha value is -4.15. The Kier molecular flexibility index (Phi) is 10.5. The van der Waals surface area contributed by atoms with Crippen molar-refractivity contribution in [2.75, 3.05) is 14.2 Å². The van der Waals surface area contributed by atoms with Crippen molar-refractivity contribution in [2.45, 2.75) is 119 Å². The molecule has 1 heterocycles. The minimum absolute atomic E-state index is 0.00604. The van der Waals surface area contributed by atoms with E-state index in [0.29, 0.717) is 31.3 Å². The molecule has 0 spiro atoms. The average molecular weight is 763 g/mol. The number of allylic oxidation sites excluding steroid dienone is 6. The second kappa shape index (κ2) is 13.8. The van der Waals surface area contributed by atoms with Crippen molar-refractivity contribution in [3.8, 4) is 0 Å². The predicted molar refractivity (Wildman–Crippen MR) is 202 cm³/mol. The van der Waals surface area contributed by atoms with Crippen LogP contribution >= 0.6 is 0 Å². The first-order chi connectivity index (χ1) is 25.5. The number of ketones is 3. The zero-order chi connectivity index (χ0) is 41.3. The van der Waals surface area contributed by atoms with Crippen LogP contribution in [0.5, 0.6) is 0 Å². The maximum absolute atomic E-state index is 15.8. The molecule has 0 saturated heterocycles. The van der Waals surface area contributed by atoms with Crippen molar-refractivity contribution < 1.29 is 52.5 Å². The third kappa shape index (κ3) is 5.29. The molecule has 11 nitrogen and oxygen atoms in total. The molecule has 55 heavy (non-hydrogen) atoms. The first-order valence-electron chi connectivity index (χ1n) is 19.4. The van der Waals surface area contributed by atoms with Crippen molar-refractivity contribution in [1.29, 1.82) is 0 Å². The lowest BCUT2D eigenvalue weighted by molar-refractivity contribution is -0.217. The number of esters is 3. The summed E-state index contributed by atoms with van der Waals surface area (Å²) >= 11 is 0. The van der Waals surface area contributed by atoms with E-state index in [-0.39, 0.29) is 23.7 Å². The lowest BCUT2D eigenvalue weighted by Crippen LogP contribution is -2.70. The summed E-state index contributed by atoms with van der Waals surface area (Å²) in [5.74, 6) is -5.64. The van der Waals surface area contributed by atoms with Crippen molar-refractivity contribution in [2.24, 2.45) is 50.2 Å². The van der Waals surface area contributed by atoms with Gasteiger partial charge in [0.05, 0.1) is 25.0 Å². The first-order valence-corrected chi connectivity index (χ1v) is 19.4. The number of ether oxygens (including phenoxy) is 4. The van der Waals surface area contributed by atoms with Gasteiger partial charge in [-0.1, -0.05) is 64.5 Å². The zero-order valence-corrected chi connectivity index (χ0v) is 34.5. The molecular weight excluding hydrogens is 704 g/mol. The fraction of sp³-hybridized carbons (Fsp3) is 0.659. The molecule has 300 valence electrons. The predicted octanol–water partition coefficient (Wildman–Crippen LogP) is 6.57. The highest BCUT2D eigenvalue weighted by Crippen LogP contribution is 2.78. The highest BCUT2D eigenvalue weighted by molar-refractivity contribution is 6.28. The molecule has 0 amide bonds. The third-order valence-corrected chi connectivity index (χ3v) is 15.1. The van der Waals surface area contributed by atoms with Crippen LogP contribution in [0.25, 0.3) is 0 Å². The molecule has 0 N–H and O–H groups in total. The van der Waals surface area contributed by atoms with E-state index in [4.69, 9.17) is 18.9 Å². The third-order valence-electron chi connectivity index (χ3n) is 15.1. The highest BCUT2D eigenvalue weighted by atomic mass is 16.5.